The Kier molecular flexibility index (Phi) is 5.00. The molecule has 0 aliphatic carbocycles. The minimum Gasteiger partial charge on any atom is -0.378 e. The molecule has 122 valence electrons. The first-order chi connectivity index (χ1) is 10.6. The molecule has 0 aromatic heterocycles. The lowest BCUT2D eigenvalue weighted by atomic mass is 9.87. The molecule has 2 aliphatic rings. The number of hydrazine groups is 1. The maximum atomic E-state index is 13.5. The second kappa shape index (κ2) is 6.81. The van der Waals surface area contributed by atoms with E-state index in [1.807, 2.05) is 0 Å². The van der Waals surface area contributed by atoms with Crippen molar-refractivity contribution in [2.75, 3.05) is 19.8 Å². The molecule has 3 unspecified atom stereocenters. The lowest BCUT2D eigenvalue weighted by Crippen LogP contribution is -2.53. The van der Waals surface area contributed by atoms with Crippen molar-refractivity contribution in [2.24, 2.45) is 5.92 Å². The van der Waals surface area contributed by atoms with E-state index in [9.17, 15) is 4.39 Å². The molecule has 4 nitrogen and oxygen atoms in total. The lowest BCUT2D eigenvalue weighted by Gasteiger charge is -2.41. The van der Waals surface area contributed by atoms with Gasteiger partial charge < -0.3 is 4.74 Å². The fourth-order valence-corrected chi connectivity index (χ4v) is 3.82. The summed E-state index contributed by atoms with van der Waals surface area (Å²) in [6, 6.07) is 5.59. The lowest BCUT2D eigenvalue weighted by molar-refractivity contribution is -0.0377. The number of rotatable bonds is 3. The average Bonchev–Trinajstić information content (AvgIpc) is 2.83. The van der Waals surface area contributed by atoms with Gasteiger partial charge in [-0.25, -0.2) is 4.39 Å². The standard InChI is InChI=1S/C16H23ClFN3O/c1-10-16(11(2)20-19-10)15-9-22-6-5-21(15)8-12-7-13(18)3-4-14(12)17/h3-4,7,10-11,15-16,19-20H,5-6,8-9H2,1-2H3. The largest absolute Gasteiger partial charge is 0.378 e. The minimum absolute atomic E-state index is 0.241. The van der Waals surface area contributed by atoms with Gasteiger partial charge in [0.1, 0.15) is 5.82 Å². The van der Waals surface area contributed by atoms with Crippen LogP contribution in [-0.4, -0.2) is 42.8 Å². The number of morpholine rings is 1. The van der Waals surface area contributed by atoms with Crippen molar-refractivity contribution in [3.05, 3.63) is 34.6 Å². The highest BCUT2D eigenvalue weighted by atomic mass is 35.5. The maximum absolute atomic E-state index is 13.5. The van der Waals surface area contributed by atoms with E-state index in [0.717, 1.165) is 12.1 Å². The first-order valence-corrected chi connectivity index (χ1v) is 8.21. The molecule has 0 saturated carbocycles. The monoisotopic (exact) mass is 327 g/mol. The Hall–Kier alpha value is -0.720. The van der Waals surface area contributed by atoms with E-state index in [0.29, 0.717) is 48.8 Å². The molecular weight excluding hydrogens is 305 g/mol. The van der Waals surface area contributed by atoms with Crippen LogP contribution in [0.25, 0.3) is 0 Å². The highest BCUT2D eigenvalue weighted by Gasteiger charge is 2.40. The number of nitrogens with zero attached hydrogens (tertiary/aromatic N) is 1. The Morgan fingerprint density at radius 1 is 1.32 bits per heavy atom. The third-order valence-corrected chi connectivity index (χ3v) is 5.17. The molecule has 0 radical (unpaired) electrons. The minimum atomic E-state index is -0.241. The van der Waals surface area contributed by atoms with Crippen LogP contribution >= 0.6 is 11.6 Å². The van der Waals surface area contributed by atoms with E-state index in [4.69, 9.17) is 16.3 Å². The van der Waals surface area contributed by atoms with Gasteiger partial charge in [-0.05, 0) is 37.6 Å². The molecule has 22 heavy (non-hydrogen) atoms. The maximum Gasteiger partial charge on any atom is 0.123 e. The summed E-state index contributed by atoms with van der Waals surface area (Å²) in [7, 11) is 0. The van der Waals surface area contributed by atoms with Crippen molar-refractivity contribution >= 4 is 11.6 Å². The van der Waals surface area contributed by atoms with Crippen molar-refractivity contribution < 1.29 is 9.13 Å². The average molecular weight is 328 g/mol. The van der Waals surface area contributed by atoms with Gasteiger partial charge in [0, 0.05) is 42.2 Å². The second-order valence-corrected chi connectivity index (χ2v) is 6.70. The van der Waals surface area contributed by atoms with E-state index in [2.05, 4.69) is 29.6 Å². The van der Waals surface area contributed by atoms with Crippen LogP contribution in [0.3, 0.4) is 0 Å². The van der Waals surface area contributed by atoms with E-state index >= 15 is 0 Å². The first kappa shape index (κ1) is 16.1. The summed E-state index contributed by atoms with van der Waals surface area (Å²) >= 11 is 6.23. The Morgan fingerprint density at radius 2 is 2.05 bits per heavy atom. The zero-order chi connectivity index (χ0) is 15.7. The molecular formula is C16H23ClFN3O. The second-order valence-electron chi connectivity index (χ2n) is 6.29. The number of hydrogen-bond donors (Lipinski definition) is 2. The number of halogens is 2. The van der Waals surface area contributed by atoms with Crippen molar-refractivity contribution in [2.45, 2.75) is 38.5 Å². The summed E-state index contributed by atoms with van der Waals surface area (Å²) in [5.41, 5.74) is 7.45. The Bertz CT molecular complexity index is 520. The van der Waals surface area contributed by atoms with E-state index in [1.165, 1.54) is 12.1 Å². The molecule has 0 bridgehead atoms. The predicted molar refractivity (Wildman–Crippen MR) is 85.1 cm³/mol. The number of benzene rings is 1. The molecule has 3 rings (SSSR count). The summed E-state index contributed by atoms with van der Waals surface area (Å²) in [4.78, 5) is 2.37. The Labute approximate surface area is 135 Å². The molecule has 2 fully saturated rings. The highest BCUT2D eigenvalue weighted by molar-refractivity contribution is 6.31. The molecule has 1 aromatic carbocycles. The summed E-state index contributed by atoms with van der Waals surface area (Å²) in [5.74, 6) is 0.197. The van der Waals surface area contributed by atoms with Gasteiger partial charge in [0.05, 0.1) is 13.2 Å². The predicted octanol–water partition coefficient (Wildman–Crippen LogP) is 2.18. The van der Waals surface area contributed by atoms with Gasteiger partial charge in [-0.3, -0.25) is 15.8 Å². The van der Waals surface area contributed by atoms with Gasteiger partial charge in [0.15, 0.2) is 0 Å². The molecule has 1 aromatic rings. The van der Waals surface area contributed by atoms with Gasteiger partial charge in [0.25, 0.3) is 0 Å². The zero-order valence-electron chi connectivity index (χ0n) is 13.0. The van der Waals surface area contributed by atoms with E-state index in [-0.39, 0.29) is 5.82 Å². The molecule has 0 spiro atoms. The smallest absolute Gasteiger partial charge is 0.123 e. The van der Waals surface area contributed by atoms with Crippen LogP contribution < -0.4 is 10.9 Å². The van der Waals surface area contributed by atoms with Crippen LogP contribution in [0.2, 0.25) is 5.02 Å². The quantitative estimate of drug-likeness (QED) is 0.892. The number of nitrogens with one attached hydrogen (secondary N) is 2. The van der Waals surface area contributed by atoms with Crippen molar-refractivity contribution in [3.8, 4) is 0 Å². The fourth-order valence-electron chi connectivity index (χ4n) is 3.65. The Morgan fingerprint density at radius 3 is 2.77 bits per heavy atom. The molecule has 2 aliphatic heterocycles. The highest BCUT2D eigenvalue weighted by Crippen LogP contribution is 2.28. The van der Waals surface area contributed by atoms with Crippen LogP contribution in [0.5, 0.6) is 0 Å². The molecule has 3 atom stereocenters. The number of hydrogen-bond acceptors (Lipinski definition) is 4. The van der Waals surface area contributed by atoms with Gasteiger partial charge in [0.2, 0.25) is 0 Å². The summed E-state index contributed by atoms with van der Waals surface area (Å²) in [6.45, 7) is 7.27. The molecule has 2 heterocycles. The fraction of sp³-hybridized carbons (Fsp3) is 0.625. The van der Waals surface area contributed by atoms with Crippen LogP contribution in [-0.2, 0) is 11.3 Å². The van der Waals surface area contributed by atoms with Gasteiger partial charge in [-0.1, -0.05) is 11.6 Å². The van der Waals surface area contributed by atoms with Crippen molar-refractivity contribution in [1.29, 1.82) is 0 Å². The topological polar surface area (TPSA) is 36.5 Å². The summed E-state index contributed by atoms with van der Waals surface area (Å²) < 4.78 is 19.2. The summed E-state index contributed by atoms with van der Waals surface area (Å²) in [6.07, 6.45) is 0. The van der Waals surface area contributed by atoms with Crippen molar-refractivity contribution in [3.63, 3.8) is 0 Å². The molecule has 6 heteroatoms. The van der Waals surface area contributed by atoms with Crippen LogP contribution in [0, 0.1) is 11.7 Å². The van der Waals surface area contributed by atoms with Crippen LogP contribution in [0.15, 0.2) is 18.2 Å². The van der Waals surface area contributed by atoms with Crippen LogP contribution in [0.1, 0.15) is 19.4 Å². The third kappa shape index (κ3) is 3.29. The van der Waals surface area contributed by atoms with Crippen LogP contribution in [0.4, 0.5) is 4.39 Å². The molecule has 2 N–H and O–H groups in total. The molecule has 0 amide bonds. The van der Waals surface area contributed by atoms with Gasteiger partial charge >= 0.3 is 0 Å². The zero-order valence-corrected chi connectivity index (χ0v) is 13.7. The summed E-state index contributed by atoms with van der Waals surface area (Å²) in [5, 5.41) is 0.621. The molecule has 2 saturated heterocycles. The van der Waals surface area contributed by atoms with E-state index in [1.54, 1.807) is 6.07 Å². The third-order valence-electron chi connectivity index (χ3n) is 4.80. The van der Waals surface area contributed by atoms with Gasteiger partial charge in [-0.15, -0.1) is 0 Å². The number of ether oxygens (including phenoxy) is 1. The SMILES string of the molecule is CC1NNC(C)C1C1COCCN1Cc1cc(F)ccc1Cl. The van der Waals surface area contributed by atoms with Crippen molar-refractivity contribution in [1.82, 2.24) is 15.8 Å². The Balaban J connectivity index is 1.79. The van der Waals surface area contributed by atoms with E-state index < -0.39 is 0 Å². The first-order valence-electron chi connectivity index (χ1n) is 7.83. The normalized spacial score (nSPS) is 33.3. The van der Waals surface area contributed by atoms with Gasteiger partial charge in [-0.2, -0.15) is 0 Å².